The van der Waals surface area contributed by atoms with Crippen molar-refractivity contribution < 1.29 is 9.59 Å². The van der Waals surface area contributed by atoms with E-state index in [9.17, 15) is 9.59 Å². The van der Waals surface area contributed by atoms with Crippen molar-refractivity contribution >= 4 is 41.2 Å². The molecule has 0 bridgehead atoms. The van der Waals surface area contributed by atoms with Crippen LogP contribution in [0.4, 0.5) is 0 Å². The third-order valence-corrected chi connectivity index (χ3v) is 5.24. The van der Waals surface area contributed by atoms with E-state index in [0.29, 0.717) is 10.0 Å². The van der Waals surface area contributed by atoms with Gasteiger partial charge in [0.25, 0.3) is 0 Å². The molecule has 0 atom stereocenters. The summed E-state index contributed by atoms with van der Waals surface area (Å²) in [6, 6.07) is 16.6. The van der Waals surface area contributed by atoms with Gasteiger partial charge in [-0.25, -0.2) is 5.43 Å². The van der Waals surface area contributed by atoms with E-state index in [-0.39, 0.29) is 6.54 Å². The molecule has 2 aromatic carbocycles. The van der Waals surface area contributed by atoms with Gasteiger partial charge in [0, 0.05) is 29.2 Å². The van der Waals surface area contributed by atoms with Gasteiger partial charge in [-0.2, -0.15) is 5.10 Å². The van der Waals surface area contributed by atoms with Crippen LogP contribution in [0.3, 0.4) is 0 Å². The highest BCUT2D eigenvalue weighted by molar-refractivity contribution is 6.42. The van der Waals surface area contributed by atoms with Gasteiger partial charge in [-0.05, 0) is 43.7 Å². The zero-order valence-corrected chi connectivity index (χ0v) is 18.0. The molecule has 1 heterocycles. The summed E-state index contributed by atoms with van der Waals surface area (Å²) in [5.41, 5.74) is 6.67. The van der Waals surface area contributed by atoms with Crippen LogP contribution in [0, 0.1) is 13.8 Å². The Morgan fingerprint density at radius 3 is 2.43 bits per heavy atom. The van der Waals surface area contributed by atoms with Crippen molar-refractivity contribution in [2.75, 3.05) is 0 Å². The van der Waals surface area contributed by atoms with Crippen LogP contribution in [0.15, 0.2) is 59.7 Å². The first-order valence-corrected chi connectivity index (χ1v) is 9.92. The number of halogens is 2. The van der Waals surface area contributed by atoms with Crippen LogP contribution < -0.4 is 10.7 Å². The normalized spacial score (nSPS) is 10.9. The van der Waals surface area contributed by atoms with E-state index in [1.807, 2.05) is 60.9 Å². The topological polar surface area (TPSA) is 75.5 Å². The summed E-state index contributed by atoms with van der Waals surface area (Å²) in [5.74, 6) is -1.59. The lowest BCUT2D eigenvalue weighted by molar-refractivity contribution is -0.139. The van der Waals surface area contributed by atoms with Crippen LogP contribution in [-0.4, -0.2) is 22.6 Å². The Hall–Kier alpha value is -3.09. The number of carbonyl (C=O) groups excluding carboxylic acids is 2. The number of hydrogen-bond acceptors (Lipinski definition) is 3. The molecular weight excluding hydrogens is 423 g/mol. The second-order valence-electron chi connectivity index (χ2n) is 6.63. The van der Waals surface area contributed by atoms with Gasteiger partial charge in [0.1, 0.15) is 0 Å². The summed E-state index contributed by atoms with van der Waals surface area (Å²) >= 11 is 12.1. The summed E-state index contributed by atoms with van der Waals surface area (Å²) in [6.45, 7) is 4.13. The Labute approximate surface area is 184 Å². The number of hydrazone groups is 1. The lowest BCUT2D eigenvalue weighted by atomic mass is 10.2. The van der Waals surface area contributed by atoms with Crippen LogP contribution >= 0.6 is 23.2 Å². The molecule has 0 aliphatic carbocycles. The van der Waals surface area contributed by atoms with Gasteiger partial charge in [0.2, 0.25) is 0 Å². The molecule has 0 aliphatic heterocycles. The van der Waals surface area contributed by atoms with Gasteiger partial charge < -0.3 is 9.88 Å². The summed E-state index contributed by atoms with van der Waals surface area (Å²) in [5, 5.41) is 7.41. The number of nitrogens with one attached hydrogen (secondary N) is 2. The van der Waals surface area contributed by atoms with Crippen LogP contribution in [0.25, 0.3) is 5.69 Å². The summed E-state index contributed by atoms with van der Waals surface area (Å²) in [4.78, 5) is 23.8. The molecule has 0 radical (unpaired) electrons. The molecule has 0 fully saturated rings. The second-order valence-corrected chi connectivity index (χ2v) is 7.44. The van der Waals surface area contributed by atoms with E-state index in [4.69, 9.17) is 23.2 Å². The molecule has 0 aliphatic rings. The highest BCUT2D eigenvalue weighted by Crippen LogP contribution is 2.27. The molecule has 2 N–H and O–H groups in total. The van der Waals surface area contributed by atoms with E-state index in [2.05, 4.69) is 15.8 Å². The molecule has 2 amide bonds. The highest BCUT2D eigenvalue weighted by atomic mass is 35.5. The minimum absolute atomic E-state index is 0.265. The number of aromatic nitrogens is 1. The van der Waals surface area contributed by atoms with E-state index in [1.54, 1.807) is 12.1 Å². The molecular formula is C22H20Cl2N4O2. The molecule has 0 saturated carbocycles. The Morgan fingerprint density at radius 1 is 1.00 bits per heavy atom. The van der Waals surface area contributed by atoms with Crippen LogP contribution in [0.2, 0.25) is 10.0 Å². The van der Waals surface area contributed by atoms with Crippen molar-refractivity contribution in [3.05, 3.63) is 87.2 Å². The van der Waals surface area contributed by atoms with Crippen LogP contribution in [0.1, 0.15) is 22.5 Å². The summed E-state index contributed by atoms with van der Waals surface area (Å²) in [7, 11) is 0. The number of amides is 2. The molecule has 8 heteroatoms. The Morgan fingerprint density at radius 2 is 1.73 bits per heavy atom. The van der Waals surface area contributed by atoms with E-state index in [1.165, 1.54) is 6.21 Å². The lowest BCUT2D eigenvalue weighted by Gasteiger charge is -2.10. The molecule has 1 aromatic heterocycles. The molecule has 154 valence electrons. The second kappa shape index (κ2) is 9.61. The maximum atomic E-state index is 11.9. The minimum atomic E-state index is -0.833. The first-order chi connectivity index (χ1) is 14.4. The SMILES string of the molecule is Cc1cc(/C=N\NC(=O)C(=O)NCc2ccccc2)c(C)n1-c1ccc(Cl)c(Cl)c1. The van der Waals surface area contributed by atoms with Crippen molar-refractivity contribution in [1.29, 1.82) is 0 Å². The van der Waals surface area contributed by atoms with Crippen molar-refractivity contribution in [1.82, 2.24) is 15.3 Å². The molecule has 3 aromatic rings. The van der Waals surface area contributed by atoms with Gasteiger partial charge >= 0.3 is 11.8 Å². The van der Waals surface area contributed by atoms with Crippen molar-refractivity contribution in [2.24, 2.45) is 5.10 Å². The van der Waals surface area contributed by atoms with Crippen molar-refractivity contribution in [3.8, 4) is 5.69 Å². The third-order valence-electron chi connectivity index (χ3n) is 4.50. The first kappa shape index (κ1) is 21.6. The number of aryl methyl sites for hydroxylation is 1. The minimum Gasteiger partial charge on any atom is -0.344 e. The summed E-state index contributed by atoms with van der Waals surface area (Å²) in [6.07, 6.45) is 1.50. The smallest absolute Gasteiger partial charge is 0.329 e. The van der Waals surface area contributed by atoms with E-state index in [0.717, 1.165) is 28.2 Å². The fraction of sp³-hybridized carbons (Fsp3) is 0.136. The molecule has 30 heavy (non-hydrogen) atoms. The number of nitrogens with zero attached hydrogens (tertiary/aromatic N) is 2. The quantitative estimate of drug-likeness (QED) is 0.353. The summed E-state index contributed by atoms with van der Waals surface area (Å²) < 4.78 is 2.00. The zero-order valence-electron chi connectivity index (χ0n) is 16.4. The average molecular weight is 443 g/mol. The predicted molar refractivity (Wildman–Crippen MR) is 119 cm³/mol. The molecule has 0 saturated heterocycles. The number of hydrogen-bond donors (Lipinski definition) is 2. The average Bonchev–Trinajstić information content (AvgIpc) is 3.02. The number of benzene rings is 2. The van der Waals surface area contributed by atoms with Gasteiger partial charge in [-0.15, -0.1) is 0 Å². The lowest BCUT2D eigenvalue weighted by Crippen LogP contribution is -2.37. The molecule has 6 nitrogen and oxygen atoms in total. The maximum Gasteiger partial charge on any atom is 0.329 e. The van der Waals surface area contributed by atoms with Gasteiger partial charge in [-0.1, -0.05) is 53.5 Å². The maximum absolute atomic E-state index is 11.9. The fourth-order valence-corrected chi connectivity index (χ4v) is 3.30. The van der Waals surface area contributed by atoms with E-state index >= 15 is 0 Å². The predicted octanol–water partition coefficient (Wildman–Crippen LogP) is 4.17. The van der Waals surface area contributed by atoms with Crippen molar-refractivity contribution in [3.63, 3.8) is 0 Å². The standard InChI is InChI=1S/C22H20Cl2N4O2/c1-14-10-17(15(2)28(14)18-8-9-19(23)20(24)11-18)13-26-27-22(30)21(29)25-12-16-6-4-3-5-7-16/h3-11,13H,12H2,1-2H3,(H,25,29)(H,27,30)/b26-13-. The molecule has 3 rings (SSSR count). The highest BCUT2D eigenvalue weighted by Gasteiger charge is 2.13. The zero-order chi connectivity index (χ0) is 21.7. The third kappa shape index (κ3) is 5.09. The van der Waals surface area contributed by atoms with Crippen LogP contribution in [0.5, 0.6) is 0 Å². The van der Waals surface area contributed by atoms with Gasteiger partial charge in [0.05, 0.1) is 16.3 Å². The Kier molecular flexibility index (Phi) is 6.92. The number of carbonyl (C=O) groups is 2. The largest absolute Gasteiger partial charge is 0.344 e. The Balaban J connectivity index is 1.64. The van der Waals surface area contributed by atoms with E-state index < -0.39 is 11.8 Å². The Bertz CT molecular complexity index is 1110. The molecule has 0 spiro atoms. The van der Waals surface area contributed by atoms with Crippen molar-refractivity contribution in [2.45, 2.75) is 20.4 Å². The molecule has 0 unspecified atom stereocenters. The number of rotatable bonds is 5. The van der Waals surface area contributed by atoms with Crippen LogP contribution in [-0.2, 0) is 16.1 Å². The monoisotopic (exact) mass is 442 g/mol. The van der Waals surface area contributed by atoms with Gasteiger partial charge in [-0.3, -0.25) is 9.59 Å². The first-order valence-electron chi connectivity index (χ1n) is 9.16. The van der Waals surface area contributed by atoms with Gasteiger partial charge in [0.15, 0.2) is 0 Å². The fourth-order valence-electron chi connectivity index (χ4n) is 3.01.